The van der Waals surface area contributed by atoms with Crippen LogP contribution in [0.1, 0.15) is 52.7 Å². The first-order chi connectivity index (χ1) is 16.1. The highest BCUT2D eigenvalue weighted by Gasteiger charge is 2.35. The van der Waals surface area contributed by atoms with Crippen LogP contribution in [0, 0.1) is 0 Å². The van der Waals surface area contributed by atoms with Crippen LogP contribution in [0.15, 0.2) is 48.0 Å². The fraction of sp³-hybridized carbons (Fsp3) is 0.375. The molecule has 3 aromatic rings. The van der Waals surface area contributed by atoms with Crippen molar-refractivity contribution in [2.24, 2.45) is 0 Å². The second-order valence-electron chi connectivity index (χ2n) is 7.99. The van der Waals surface area contributed by atoms with Crippen LogP contribution in [0.4, 0.5) is 0 Å². The average molecular weight is 469 g/mol. The summed E-state index contributed by atoms with van der Waals surface area (Å²) in [6.07, 6.45) is 5.62. The summed E-state index contributed by atoms with van der Waals surface area (Å²) in [7, 11) is 3.11. The van der Waals surface area contributed by atoms with Crippen molar-refractivity contribution in [3.63, 3.8) is 0 Å². The van der Waals surface area contributed by atoms with Crippen molar-refractivity contribution in [3.8, 4) is 11.5 Å². The average Bonchev–Trinajstić information content (AvgIpc) is 3.62. The monoisotopic (exact) mass is 468 g/mol. The van der Waals surface area contributed by atoms with E-state index in [2.05, 4.69) is 15.5 Å². The lowest BCUT2D eigenvalue weighted by atomic mass is 10.0. The van der Waals surface area contributed by atoms with Gasteiger partial charge in [-0.15, -0.1) is 11.3 Å². The largest absolute Gasteiger partial charge is 0.493 e. The van der Waals surface area contributed by atoms with E-state index < -0.39 is 6.04 Å². The second kappa shape index (κ2) is 10.5. The Morgan fingerprint density at radius 1 is 1.18 bits per heavy atom. The molecule has 1 aliphatic carbocycles. The molecule has 8 nitrogen and oxygen atoms in total. The van der Waals surface area contributed by atoms with Gasteiger partial charge in [-0.05, 0) is 48.1 Å². The van der Waals surface area contributed by atoms with Crippen molar-refractivity contribution in [2.75, 3.05) is 14.2 Å². The zero-order valence-electron chi connectivity index (χ0n) is 18.7. The van der Waals surface area contributed by atoms with Gasteiger partial charge < -0.3 is 19.7 Å². The Hall–Kier alpha value is -3.33. The molecule has 2 amide bonds. The highest BCUT2D eigenvalue weighted by Crippen LogP contribution is 2.34. The number of nitrogens with one attached hydrogen (secondary N) is 2. The first-order valence-electron chi connectivity index (χ1n) is 11.0. The van der Waals surface area contributed by atoms with E-state index in [4.69, 9.17) is 9.47 Å². The third-order valence-electron chi connectivity index (χ3n) is 5.88. The van der Waals surface area contributed by atoms with Crippen LogP contribution in [0.3, 0.4) is 0 Å². The predicted octanol–water partition coefficient (Wildman–Crippen LogP) is 3.93. The van der Waals surface area contributed by atoms with Gasteiger partial charge in [-0.3, -0.25) is 14.7 Å². The lowest BCUT2D eigenvalue weighted by Gasteiger charge is -2.32. The Labute approximate surface area is 196 Å². The Morgan fingerprint density at radius 3 is 2.61 bits per heavy atom. The number of thiophene rings is 1. The van der Waals surface area contributed by atoms with Crippen molar-refractivity contribution >= 4 is 23.2 Å². The maximum absolute atomic E-state index is 13.7. The Morgan fingerprint density at radius 2 is 1.97 bits per heavy atom. The molecule has 0 radical (unpaired) electrons. The molecular weight excluding hydrogens is 440 g/mol. The van der Waals surface area contributed by atoms with Gasteiger partial charge in [0.1, 0.15) is 11.7 Å². The third kappa shape index (κ3) is 5.19. The summed E-state index contributed by atoms with van der Waals surface area (Å²) >= 11 is 1.54. The molecule has 1 fully saturated rings. The molecule has 1 saturated carbocycles. The number of aromatic nitrogens is 2. The number of benzene rings is 1. The van der Waals surface area contributed by atoms with Crippen LogP contribution in [0.5, 0.6) is 11.5 Å². The number of H-pyrrole nitrogens is 1. The molecule has 1 aromatic carbocycles. The third-order valence-corrected chi connectivity index (χ3v) is 6.74. The van der Waals surface area contributed by atoms with Crippen molar-refractivity contribution in [2.45, 2.75) is 44.3 Å². The van der Waals surface area contributed by atoms with Crippen LogP contribution in [-0.4, -0.2) is 47.2 Å². The summed E-state index contributed by atoms with van der Waals surface area (Å²) in [4.78, 5) is 29.9. The standard InChI is InChI=1S/C24H28N4O4S/c1-31-20-10-9-16(14-21(20)32-2)22(23(29)26-17-6-3-4-7-17)28(15-18-8-5-13-33-18)24(30)19-11-12-25-27-19/h5,8-14,17,22H,3-4,6-7,15H2,1-2H3,(H,25,27)(H,26,29)/t22-/m0/s1. The summed E-state index contributed by atoms with van der Waals surface area (Å²) in [6.45, 7) is 0.284. The highest BCUT2D eigenvalue weighted by atomic mass is 32.1. The number of carbonyl (C=O) groups is 2. The maximum atomic E-state index is 13.7. The van der Waals surface area contributed by atoms with Crippen LogP contribution in [-0.2, 0) is 11.3 Å². The number of aromatic amines is 1. The predicted molar refractivity (Wildman–Crippen MR) is 125 cm³/mol. The van der Waals surface area contributed by atoms with E-state index in [1.165, 1.54) is 6.20 Å². The van der Waals surface area contributed by atoms with Crippen molar-refractivity contribution < 1.29 is 19.1 Å². The number of methoxy groups -OCH3 is 2. The van der Waals surface area contributed by atoms with Gasteiger partial charge in [0.2, 0.25) is 5.91 Å². The van der Waals surface area contributed by atoms with Crippen molar-refractivity contribution in [1.29, 1.82) is 0 Å². The first-order valence-corrected chi connectivity index (χ1v) is 11.8. The molecule has 0 aliphatic heterocycles. The van der Waals surface area contributed by atoms with Crippen molar-refractivity contribution in [3.05, 3.63) is 64.1 Å². The zero-order chi connectivity index (χ0) is 23.2. The van der Waals surface area contributed by atoms with E-state index in [9.17, 15) is 9.59 Å². The van der Waals surface area contributed by atoms with E-state index >= 15 is 0 Å². The van der Waals surface area contributed by atoms with Gasteiger partial charge in [0.15, 0.2) is 11.5 Å². The molecule has 4 rings (SSSR count). The molecule has 33 heavy (non-hydrogen) atoms. The SMILES string of the molecule is COc1ccc([C@@H](C(=O)NC2CCCC2)N(Cc2cccs2)C(=O)c2ccn[nH]2)cc1OC. The number of ether oxygens (including phenoxy) is 2. The Balaban J connectivity index is 1.76. The summed E-state index contributed by atoms with van der Waals surface area (Å²) in [5.74, 6) is 0.542. The number of rotatable bonds is 9. The van der Waals surface area contributed by atoms with E-state index in [-0.39, 0.29) is 24.4 Å². The molecule has 1 atom stereocenters. The lowest BCUT2D eigenvalue weighted by molar-refractivity contribution is -0.126. The molecule has 0 spiro atoms. The lowest BCUT2D eigenvalue weighted by Crippen LogP contribution is -2.45. The molecule has 0 unspecified atom stereocenters. The Kier molecular flexibility index (Phi) is 7.29. The van der Waals surface area contributed by atoms with Gasteiger partial charge in [-0.1, -0.05) is 25.0 Å². The van der Waals surface area contributed by atoms with Crippen molar-refractivity contribution in [1.82, 2.24) is 20.4 Å². The van der Waals surface area contributed by atoms with Crippen LogP contribution >= 0.6 is 11.3 Å². The Bertz CT molecular complexity index is 1060. The second-order valence-corrected chi connectivity index (χ2v) is 9.02. The minimum absolute atomic E-state index is 0.117. The smallest absolute Gasteiger partial charge is 0.273 e. The number of amides is 2. The van der Waals surface area contributed by atoms with Gasteiger partial charge in [-0.25, -0.2) is 0 Å². The first kappa shape index (κ1) is 22.8. The molecule has 2 N–H and O–H groups in total. The molecular formula is C24H28N4O4S. The van der Waals surface area contributed by atoms with Gasteiger partial charge in [0.25, 0.3) is 5.91 Å². The van der Waals surface area contributed by atoms with E-state index in [1.807, 2.05) is 23.6 Å². The van der Waals surface area contributed by atoms with E-state index in [1.54, 1.807) is 48.7 Å². The summed E-state index contributed by atoms with van der Waals surface area (Å²) < 4.78 is 10.9. The zero-order valence-corrected chi connectivity index (χ0v) is 19.6. The quantitative estimate of drug-likeness (QED) is 0.496. The van der Waals surface area contributed by atoms with Crippen LogP contribution in [0.25, 0.3) is 0 Å². The fourth-order valence-electron chi connectivity index (χ4n) is 4.23. The maximum Gasteiger partial charge on any atom is 0.273 e. The number of nitrogens with zero attached hydrogens (tertiary/aromatic N) is 2. The molecule has 0 bridgehead atoms. The van der Waals surface area contributed by atoms with E-state index in [0.717, 1.165) is 30.6 Å². The minimum atomic E-state index is -0.858. The van der Waals surface area contributed by atoms with Crippen LogP contribution in [0.2, 0.25) is 0 Å². The van der Waals surface area contributed by atoms with Gasteiger partial charge in [0, 0.05) is 17.1 Å². The summed E-state index contributed by atoms with van der Waals surface area (Å²) in [5.41, 5.74) is 0.971. The highest BCUT2D eigenvalue weighted by molar-refractivity contribution is 7.09. The normalized spacial score (nSPS) is 14.6. The summed E-state index contributed by atoms with van der Waals surface area (Å²) in [6, 6.07) is 10.1. The number of hydrogen-bond acceptors (Lipinski definition) is 6. The van der Waals surface area contributed by atoms with Gasteiger partial charge >= 0.3 is 0 Å². The molecule has 174 valence electrons. The topological polar surface area (TPSA) is 96.5 Å². The number of carbonyl (C=O) groups excluding carboxylic acids is 2. The molecule has 2 aromatic heterocycles. The van der Waals surface area contributed by atoms with Crippen LogP contribution < -0.4 is 14.8 Å². The number of hydrogen-bond donors (Lipinski definition) is 2. The minimum Gasteiger partial charge on any atom is -0.493 e. The molecule has 9 heteroatoms. The van der Waals surface area contributed by atoms with Gasteiger partial charge in [-0.2, -0.15) is 5.10 Å². The molecule has 0 saturated heterocycles. The van der Waals surface area contributed by atoms with Gasteiger partial charge in [0.05, 0.1) is 20.8 Å². The van der Waals surface area contributed by atoms with E-state index in [0.29, 0.717) is 22.8 Å². The summed E-state index contributed by atoms with van der Waals surface area (Å²) in [5, 5.41) is 11.8. The molecule has 1 aliphatic rings. The molecule has 2 heterocycles. The fourth-order valence-corrected chi connectivity index (χ4v) is 4.93.